The van der Waals surface area contributed by atoms with Crippen LogP contribution in [0.2, 0.25) is 0 Å². The molecule has 0 amide bonds. The second-order valence-electron chi connectivity index (χ2n) is 5.13. The molecule has 0 unspecified atom stereocenters. The summed E-state index contributed by atoms with van der Waals surface area (Å²) in [5.41, 5.74) is 0.534. The van der Waals surface area contributed by atoms with E-state index in [0.717, 1.165) is 0 Å². The average Bonchev–Trinajstić information content (AvgIpc) is 2.46. The van der Waals surface area contributed by atoms with Gasteiger partial charge in [0, 0.05) is 10.9 Å². The van der Waals surface area contributed by atoms with E-state index < -0.39 is 11.6 Å². The fraction of sp³-hybridized carbons (Fsp3) is 0.235. The van der Waals surface area contributed by atoms with Crippen molar-refractivity contribution in [2.45, 2.75) is 25.3 Å². The zero-order valence-corrected chi connectivity index (χ0v) is 13.9. The number of hydrogen-bond acceptors (Lipinski definition) is 3. The molecule has 0 atom stereocenters. The Kier molecular flexibility index (Phi) is 5.19. The van der Waals surface area contributed by atoms with Crippen LogP contribution < -0.4 is 4.74 Å². The minimum absolute atomic E-state index is 0.0276. The molecule has 0 radical (unpaired) electrons. The van der Waals surface area contributed by atoms with Crippen LogP contribution in [0, 0.1) is 5.82 Å². The first-order chi connectivity index (χ1) is 10.4. The molecule has 0 saturated heterocycles. The van der Waals surface area contributed by atoms with Gasteiger partial charge in [-0.15, -0.1) is 0 Å². The molecule has 0 aliphatic rings. The molecular weight excluding hydrogens is 351 g/mol. The Bertz CT molecular complexity index is 658. The van der Waals surface area contributed by atoms with Crippen molar-refractivity contribution in [2.75, 3.05) is 0 Å². The van der Waals surface area contributed by atoms with Gasteiger partial charge in [-0.3, -0.25) is 4.79 Å². The average molecular weight is 367 g/mol. The quantitative estimate of drug-likeness (QED) is 0.628. The Morgan fingerprint density at radius 3 is 2.41 bits per heavy atom. The van der Waals surface area contributed by atoms with Gasteiger partial charge in [0.1, 0.15) is 17.3 Å². The SMILES string of the molecule is CC(C)Oc1ccc(C(=O)c2c(O)cc(CBr)cc2F)cc1. The third kappa shape index (κ3) is 3.65. The molecule has 2 rings (SSSR count). The highest BCUT2D eigenvalue weighted by atomic mass is 79.9. The van der Waals surface area contributed by atoms with E-state index in [4.69, 9.17) is 4.74 Å². The third-order valence-electron chi connectivity index (χ3n) is 3.00. The predicted octanol–water partition coefficient (Wildman–Crippen LogP) is 4.44. The Hall–Kier alpha value is -1.88. The molecule has 22 heavy (non-hydrogen) atoms. The van der Waals surface area contributed by atoms with Gasteiger partial charge in [-0.1, -0.05) is 15.9 Å². The van der Waals surface area contributed by atoms with Crippen LogP contribution in [0.5, 0.6) is 11.5 Å². The van der Waals surface area contributed by atoms with E-state index in [0.29, 0.717) is 16.6 Å². The fourth-order valence-electron chi connectivity index (χ4n) is 2.05. The summed E-state index contributed by atoms with van der Waals surface area (Å²) in [5.74, 6) is -1.03. The van der Waals surface area contributed by atoms with Crippen LogP contribution in [-0.4, -0.2) is 17.0 Å². The summed E-state index contributed by atoms with van der Waals surface area (Å²) in [7, 11) is 0. The molecule has 2 aromatic rings. The molecule has 2 aromatic carbocycles. The number of carbonyl (C=O) groups excluding carboxylic acids is 1. The van der Waals surface area contributed by atoms with Gasteiger partial charge in [0.05, 0.1) is 11.7 Å². The zero-order valence-electron chi connectivity index (χ0n) is 12.3. The van der Waals surface area contributed by atoms with E-state index >= 15 is 0 Å². The summed E-state index contributed by atoms with van der Waals surface area (Å²) in [6.45, 7) is 3.80. The Labute approximate surface area is 136 Å². The van der Waals surface area contributed by atoms with Crippen molar-refractivity contribution in [1.29, 1.82) is 0 Å². The molecule has 0 fully saturated rings. The first-order valence-electron chi connectivity index (χ1n) is 6.81. The number of rotatable bonds is 5. The molecule has 0 bridgehead atoms. The van der Waals surface area contributed by atoms with Crippen LogP contribution in [-0.2, 0) is 5.33 Å². The number of ether oxygens (including phenoxy) is 1. The van der Waals surface area contributed by atoms with Gasteiger partial charge >= 0.3 is 0 Å². The van der Waals surface area contributed by atoms with Crippen LogP contribution >= 0.6 is 15.9 Å². The van der Waals surface area contributed by atoms with E-state index in [1.807, 2.05) is 13.8 Å². The summed E-state index contributed by atoms with van der Waals surface area (Å²) in [6, 6.07) is 9.01. The van der Waals surface area contributed by atoms with Gasteiger partial charge in [-0.05, 0) is 55.8 Å². The smallest absolute Gasteiger partial charge is 0.199 e. The standard InChI is InChI=1S/C17H16BrFO3/c1-10(2)22-13-5-3-12(4-6-13)17(21)16-14(19)7-11(9-18)8-15(16)20/h3-8,10,20H,9H2,1-2H3. The number of alkyl halides is 1. The minimum atomic E-state index is -0.734. The second kappa shape index (κ2) is 6.92. The molecule has 116 valence electrons. The number of aromatic hydroxyl groups is 1. The number of hydrogen-bond donors (Lipinski definition) is 1. The third-order valence-corrected chi connectivity index (χ3v) is 3.65. The largest absolute Gasteiger partial charge is 0.507 e. The lowest BCUT2D eigenvalue weighted by atomic mass is 10.0. The van der Waals surface area contributed by atoms with Crippen molar-refractivity contribution in [3.05, 3.63) is 58.9 Å². The number of phenolic OH excluding ortho intramolecular Hbond substituents is 1. The maximum absolute atomic E-state index is 14.1. The highest BCUT2D eigenvalue weighted by molar-refractivity contribution is 9.08. The summed E-state index contributed by atoms with van der Waals surface area (Å²) in [6.07, 6.45) is 0.0276. The number of carbonyl (C=O) groups is 1. The maximum atomic E-state index is 14.1. The molecule has 1 N–H and O–H groups in total. The van der Waals surface area contributed by atoms with Gasteiger partial charge in [-0.2, -0.15) is 0 Å². The van der Waals surface area contributed by atoms with Crippen LogP contribution in [0.1, 0.15) is 35.3 Å². The fourth-order valence-corrected chi connectivity index (χ4v) is 2.37. The maximum Gasteiger partial charge on any atom is 0.199 e. The molecule has 0 saturated carbocycles. The molecule has 0 aliphatic carbocycles. The Balaban J connectivity index is 2.32. The highest BCUT2D eigenvalue weighted by Crippen LogP contribution is 2.27. The van der Waals surface area contributed by atoms with E-state index in [1.54, 1.807) is 24.3 Å². The lowest BCUT2D eigenvalue weighted by Crippen LogP contribution is -2.07. The van der Waals surface area contributed by atoms with Crippen molar-refractivity contribution in [2.24, 2.45) is 0 Å². The Morgan fingerprint density at radius 2 is 1.91 bits per heavy atom. The number of phenols is 1. The summed E-state index contributed by atoms with van der Waals surface area (Å²) in [4.78, 5) is 12.4. The number of benzene rings is 2. The molecule has 5 heteroatoms. The van der Waals surface area contributed by atoms with Gasteiger partial charge in [0.25, 0.3) is 0 Å². The van der Waals surface area contributed by atoms with E-state index in [9.17, 15) is 14.3 Å². The van der Waals surface area contributed by atoms with Gasteiger partial charge in [0.2, 0.25) is 0 Å². The highest BCUT2D eigenvalue weighted by Gasteiger charge is 2.19. The molecular formula is C17H16BrFO3. The van der Waals surface area contributed by atoms with Crippen molar-refractivity contribution in [1.82, 2.24) is 0 Å². The van der Waals surface area contributed by atoms with Crippen LogP contribution in [0.3, 0.4) is 0 Å². The number of halogens is 2. The molecule has 3 nitrogen and oxygen atoms in total. The van der Waals surface area contributed by atoms with E-state index in [1.165, 1.54) is 12.1 Å². The molecule has 0 spiro atoms. The lowest BCUT2D eigenvalue weighted by Gasteiger charge is -2.11. The topological polar surface area (TPSA) is 46.5 Å². The van der Waals surface area contributed by atoms with Crippen LogP contribution in [0.15, 0.2) is 36.4 Å². The Morgan fingerprint density at radius 1 is 1.27 bits per heavy atom. The van der Waals surface area contributed by atoms with Gasteiger partial charge in [-0.25, -0.2) is 4.39 Å². The van der Waals surface area contributed by atoms with Crippen molar-refractivity contribution in [3.63, 3.8) is 0 Å². The van der Waals surface area contributed by atoms with E-state index in [-0.39, 0.29) is 23.0 Å². The zero-order chi connectivity index (χ0) is 16.3. The monoisotopic (exact) mass is 366 g/mol. The number of ketones is 1. The van der Waals surface area contributed by atoms with E-state index in [2.05, 4.69) is 15.9 Å². The first kappa shape index (κ1) is 16.5. The van der Waals surface area contributed by atoms with Crippen molar-refractivity contribution in [3.8, 4) is 11.5 Å². The second-order valence-corrected chi connectivity index (χ2v) is 5.69. The first-order valence-corrected chi connectivity index (χ1v) is 7.93. The normalized spacial score (nSPS) is 10.8. The summed E-state index contributed by atoms with van der Waals surface area (Å²) in [5, 5.41) is 10.3. The van der Waals surface area contributed by atoms with Gasteiger partial charge < -0.3 is 9.84 Å². The minimum Gasteiger partial charge on any atom is -0.507 e. The summed E-state index contributed by atoms with van der Waals surface area (Å²) >= 11 is 3.18. The van der Waals surface area contributed by atoms with Crippen molar-refractivity contribution >= 4 is 21.7 Å². The van der Waals surface area contributed by atoms with Gasteiger partial charge in [0.15, 0.2) is 5.78 Å². The van der Waals surface area contributed by atoms with Crippen LogP contribution in [0.25, 0.3) is 0 Å². The molecule has 0 aliphatic heterocycles. The van der Waals surface area contributed by atoms with Crippen molar-refractivity contribution < 1.29 is 19.0 Å². The molecule has 0 aromatic heterocycles. The predicted molar refractivity (Wildman–Crippen MR) is 86.3 cm³/mol. The lowest BCUT2D eigenvalue weighted by molar-refractivity contribution is 0.103. The molecule has 0 heterocycles. The summed E-state index contributed by atoms with van der Waals surface area (Å²) < 4.78 is 19.6. The van der Waals surface area contributed by atoms with Crippen LogP contribution in [0.4, 0.5) is 4.39 Å².